The lowest BCUT2D eigenvalue weighted by atomic mass is 9.95. The standard InChI is InChI=1S/C7H12N2S/c8-3-1-6-2-4-10-5-7(6)9/h6-7H,1-2,4-5,9H2. The Hall–Kier alpha value is -0.200. The van der Waals surface area contributed by atoms with Crippen molar-refractivity contribution in [2.24, 2.45) is 11.7 Å². The van der Waals surface area contributed by atoms with Crippen molar-refractivity contribution in [2.45, 2.75) is 18.9 Å². The largest absolute Gasteiger partial charge is 0.327 e. The number of hydrogen-bond donors (Lipinski definition) is 1. The van der Waals surface area contributed by atoms with Crippen LogP contribution in [-0.4, -0.2) is 17.5 Å². The lowest BCUT2D eigenvalue weighted by molar-refractivity contribution is 0.436. The molecule has 10 heavy (non-hydrogen) atoms. The highest BCUT2D eigenvalue weighted by atomic mass is 32.2. The van der Waals surface area contributed by atoms with Crippen LogP contribution in [0, 0.1) is 17.2 Å². The Labute approximate surface area is 65.8 Å². The van der Waals surface area contributed by atoms with E-state index in [4.69, 9.17) is 11.0 Å². The zero-order valence-corrected chi connectivity index (χ0v) is 6.73. The highest BCUT2D eigenvalue weighted by Gasteiger charge is 2.21. The fraction of sp³-hybridized carbons (Fsp3) is 0.857. The third-order valence-corrected chi connectivity index (χ3v) is 3.05. The van der Waals surface area contributed by atoms with Crippen LogP contribution in [0.2, 0.25) is 0 Å². The third-order valence-electron chi connectivity index (χ3n) is 1.90. The van der Waals surface area contributed by atoms with Gasteiger partial charge in [-0.25, -0.2) is 0 Å². The minimum absolute atomic E-state index is 0.262. The van der Waals surface area contributed by atoms with Crippen LogP contribution in [0.5, 0.6) is 0 Å². The Bertz CT molecular complexity index is 141. The minimum Gasteiger partial charge on any atom is -0.327 e. The molecular formula is C7H12N2S. The summed E-state index contributed by atoms with van der Waals surface area (Å²) in [5.41, 5.74) is 5.79. The van der Waals surface area contributed by atoms with Crippen LogP contribution in [0.25, 0.3) is 0 Å². The summed E-state index contributed by atoms with van der Waals surface area (Å²) in [7, 11) is 0. The molecule has 1 aliphatic rings. The second-order valence-corrected chi connectivity index (χ2v) is 3.80. The lowest BCUT2D eigenvalue weighted by Gasteiger charge is -2.25. The van der Waals surface area contributed by atoms with Gasteiger partial charge in [0, 0.05) is 18.2 Å². The number of nitrogens with zero attached hydrogens (tertiary/aromatic N) is 1. The highest BCUT2D eigenvalue weighted by Crippen LogP contribution is 2.23. The van der Waals surface area contributed by atoms with E-state index in [0.717, 1.165) is 12.2 Å². The normalized spacial score (nSPS) is 33.2. The zero-order valence-electron chi connectivity index (χ0n) is 5.92. The van der Waals surface area contributed by atoms with Gasteiger partial charge in [0.15, 0.2) is 0 Å². The van der Waals surface area contributed by atoms with E-state index in [0.29, 0.717) is 12.3 Å². The molecule has 1 aliphatic heterocycles. The molecule has 56 valence electrons. The van der Waals surface area contributed by atoms with Crippen LogP contribution in [0.4, 0.5) is 0 Å². The van der Waals surface area contributed by atoms with E-state index in [9.17, 15) is 0 Å². The van der Waals surface area contributed by atoms with E-state index >= 15 is 0 Å². The van der Waals surface area contributed by atoms with Gasteiger partial charge in [-0.05, 0) is 18.1 Å². The van der Waals surface area contributed by atoms with Crippen LogP contribution in [0.1, 0.15) is 12.8 Å². The maximum absolute atomic E-state index is 8.42. The van der Waals surface area contributed by atoms with Crippen LogP contribution in [-0.2, 0) is 0 Å². The number of hydrogen-bond acceptors (Lipinski definition) is 3. The molecule has 0 aliphatic carbocycles. The van der Waals surface area contributed by atoms with Gasteiger partial charge in [-0.3, -0.25) is 0 Å². The molecule has 1 saturated heterocycles. The molecule has 2 atom stereocenters. The Balaban J connectivity index is 2.34. The second-order valence-electron chi connectivity index (χ2n) is 2.65. The van der Waals surface area contributed by atoms with Crippen LogP contribution in [0.3, 0.4) is 0 Å². The molecule has 3 heteroatoms. The summed E-state index contributed by atoms with van der Waals surface area (Å²) >= 11 is 1.90. The van der Waals surface area contributed by atoms with Gasteiger partial charge in [-0.15, -0.1) is 0 Å². The monoisotopic (exact) mass is 156 g/mol. The molecule has 0 saturated carbocycles. The van der Waals surface area contributed by atoms with E-state index in [1.54, 1.807) is 0 Å². The first-order valence-electron chi connectivity index (χ1n) is 3.55. The van der Waals surface area contributed by atoms with Crippen LogP contribution < -0.4 is 5.73 Å². The van der Waals surface area contributed by atoms with E-state index in [1.165, 1.54) is 5.75 Å². The average Bonchev–Trinajstić information content (AvgIpc) is 1.94. The van der Waals surface area contributed by atoms with Crippen molar-refractivity contribution in [3.63, 3.8) is 0 Å². The Kier molecular flexibility index (Phi) is 3.04. The van der Waals surface area contributed by atoms with Crippen molar-refractivity contribution >= 4 is 11.8 Å². The van der Waals surface area contributed by atoms with Gasteiger partial charge in [-0.2, -0.15) is 17.0 Å². The fourth-order valence-corrected chi connectivity index (χ4v) is 2.36. The summed E-state index contributed by atoms with van der Waals surface area (Å²) in [6.45, 7) is 0. The molecule has 1 rings (SSSR count). The van der Waals surface area contributed by atoms with E-state index < -0.39 is 0 Å². The average molecular weight is 156 g/mol. The molecule has 0 aromatic heterocycles. The quantitative estimate of drug-likeness (QED) is 0.615. The smallest absolute Gasteiger partial charge is 0.0625 e. The van der Waals surface area contributed by atoms with Crippen molar-refractivity contribution < 1.29 is 0 Å². The summed E-state index contributed by atoms with van der Waals surface area (Å²) in [5, 5.41) is 8.42. The first-order valence-corrected chi connectivity index (χ1v) is 4.70. The Morgan fingerprint density at radius 3 is 3.10 bits per heavy atom. The Morgan fingerprint density at radius 1 is 1.70 bits per heavy atom. The number of thioether (sulfide) groups is 1. The van der Waals surface area contributed by atoms with Gasteiger partial charge in [0.05, 0.1) is 6.07 Å². The van der Waals surface area contributed by atoms with Gasteiger partial charge >= 0.3 is 0 Å². The minimum atomic E-state index is 0.262. The first kappa shape index (κ1) is 7.90. The summed E-state index contributed by atoms with van der Waals surface area (Å²) in [6, 6.07) is 2.44. The first-order chi connectivity index (χ1) is 4.84. The predicted octanol–water partition coefficient (Wildman–Crippen LogP) is 0.980. The third kappa shape index (κ3) is 1.89. The molecule has 0 spiro atoms. The van der Waals surface area contributed by atoms with Crippen molar-refractivity contribution in [3.05, 3.63) is 0 Å². The lowest BCUT2D eigenvalue weighted by Crippen LogP contribution is -2.35. The predicted molar refractivity (Wildman–Crippen MR) is 43.6 cm³/mol. The van der Waals surface area contributed by atoms with E-state index in [1.807, 2.05) is 11.8 Å². The van der Waals surface area contributed by atoms with Crippen molar-refractivity contribution in [3.8, 4) is 6.07 Å². The van der Waals surface area contributed by atoms with Crippen molar-refractivity contribution in [1.82, 2.24) is 0 Å². The zero-order chi connectivity index (χ0) is 7.40. The number of nitriles is 1. The van der Waals surface area contributed by atoms with E-state index in [2.05, 4.69) is 6.07 Å². The Morgan fingerprint density at radius 2 is 2.50 bits per heavy atom. The summed E-state index contributed by atoms with van der Waals surface area (Å²) in [4.78, 5) is 0. The molecule has 1 fully saturated rings. The van der Waals surface area contributed by atoms with Crippen LogP contribution >= 0.6 is 11.8 Å². The molecule has 0 aromatic carbocycles. The van der Waals surface area contributed by atoms with Gasteiger partial charge in [0.1, 0.15) is 0 Å². The fourth-order valence-electron chi connectivity index (χ4n) is 1.17. The molecule has 0 radical (unpaired) electrons. The van der Waals surface area contributed by atoms with Gasteiger partial charge in [-0.1, -0.05) is 0 Å². The molecule has 2 N–H and O–H groups in total. The molecular weight excluding hydrogens is 144 g/mol. The molecule has 2 nitrogen and oxygen atoms in total. The van der Waals surface area contributed by atoms with Gasteiger partial charge in [0.25, 0.3) is 0 Å². The SMILES string of the molecule is N#CCC1CCSCC1N. The topological polar surface area (TPSA) is 49.8 Å². The van der Waals surface area contributed by atoms with Gasteiger partial charge in [0.2, 0.25) is 0 Å². The molecule has 0 amide bonds. The number of rotatable bonds is 1. The maximum atomic E-state index is 8.42. The second kappa shape index (κ2) is 3.85. The van der Waals surface area contributed by atoms with E-state index in [-0.39, 0.29) is 6.04 Å². The summed E-state index contributed by atoms with van der Waals surface area (Å²) in [5.74, 6) is 2.68. The van der Waals surface area contributed by atoms with Gasteiger partial charge < -0.3 is 5.73 Å². The summed E-state index contributed by atoms with van der Waals surface area (Å²) < 4.78 is 0. The number of nitrogens with two attached hydrogens (primary N) is 1. The van der Waals surface area contributed by atoms with Crippen molar-refractivity contribution in [2.75, 3.05) is 11.5 Å². The molecule has 0 bridgehead atoms. The van der Waals surface area contributed by atoms with Crippen LogP contribution in [0.15, 0.2) is 0 Å². The highest BCUT2D eigenvalue weighted by molar-refractivity contribution is 7.99. The van der Waals surface area contributed by atoms with Crippen molar-refractivity contribution in [1.29, 1.82) is 5.26 Å². The molecule has 0 aromatic rings. The molecule has 1 heterocycles. The molecule has 2 unspecified atom stereocenters. The summed E-state index contributed by atoms with van der Waals surface area (Å²) in [6.07, 6.45) is 1.76. The maximum Gasteiger partial charge on any atom is 0.0625 e.